The van der Waals surface area contributed by atoms with E-state index in [0.717, 1.165) is 23.6 Å². The second-order valence-corrected chi connectivity index (χ2v) is 6.95. The van der Waals surface area contributed by atoms with Crippen molar-refractivity contribution in [3.8, 4) is 5.88 Å². The van der Waals surface area contributed by atoms with Gasteiger partial charge in [0.15, 0.2) is 0 Å². The quantitative estimate of drug-likeness (QED) is 0.889. The van der Waals surface area contributed by atoms with Crippen LogP contribution in [0.4, 0.5) is 0 Å². The van der Waals surface area contributed by atoms with E-state index in [-0.39, 0.29) is 24.2 Å². The molecule has 1 saturated heterocycles. The van der Waals surface area contributed by atoms with Gasteiger partial charge in [-0.1, -0.05) is 0 Å². The van der Waals surface area contributed by atoms with E-state index in [1.165, 1.54) is 0 Å². The Morgan fingerprint density at radius 2 is 2.12 bits per heavy atom. The predicted molar refractivity (Wildman–Crippen MR) is 97.3 cm³/mol. The van der Waals surface area contributed by atoms with Crippen molar-refractivity contribution in [1.29, 1.82) is 0 Å². The van der Waals surface area contributed by atoms with Crippen molar-refractivity contribution in [2.24, 2.45) is 0 Å². The van der Waals surface area contributed by atoms with Crippen molar-refractivity contribution < 1.29 is 14.3 Å². The molecule has 1 N–H and O–H groups in total. The number of likely N-dealkylation sites (tertiary alicyclic amines) is 1. The van der Waals surface area contributed by atoms with Gasteiger partial charge in [0.25, 0.3) is 5.91 Å². The molecular weight excluding hydrogens is 332 g/mol. The van der Waals surface area contributed by atoms with Crippen LogP contribution in [0.25, 0.3) is 0 Å². The number of aromatic nitrogens is 3. The third-order valence-corrected chi connectivity index (χ3v) is 4.66. The van der Waals surface area contributed by atoms with Gasteiger partial charge >= 0.3 is 0 Å². The van der Waals surface area contributed by atoms with Crippen molar-refractivity contribution in [1.82, 2.24) is 19.9 Å². The SMILES string of the molecule is CO[C@@H]1C[C@@H](c2nc(C)c(C)[nH]2)N(C(=O)c2ccc(OC(C)C)nc2)C1. The number of aromatic amines is 1. The zero-order chi connectivity index (χ0) is 18.8. The summed E-state index contributed by atoms with van der Waals surface area (Å²) in [5.74, 6) is 1.24. The Hall–Kier alpha value is -2.41. The fourth-order valence-corrected chi connectivity index (χ4v) is 3.17. The van der Waals surface area contributed by atoms with E-state index in [0.29, 0.717) is 18.0 Å². The van der Waals surface area contributed by atoms with E-state index in [1.54, 1.807) is 25.4 Å². The monoisotopic (exact) mass is 358 g/mol. The van der Waals surface area contributed by atoms with Gasteiger partial charge in [0.05, 0.1) is 29.5 Å². The minimum absolute atomic E-state index is 0.00818. The summed E-state index contributed by atoms with van der Waals surface area (Å²) in [6.45, 7) is 8.35. The first-order valence-corrected chi connectivity index (χ1v) is 8.88. The van der Waals surface area contributed by atoms with Crippen LogP contribution in [0.5, 0.6) is 5.88 Å². The Balaban J connectivity index is 1.83. The minimum Gasteiger partial charge on any atom is -0.475 e. The highest BCUT2D eigenvalue weighted by atomic mass is 16.5. The summed E-state index contributed by atoms with van der Waals surface area (Å²) in [5.41, 5.74) is 2.50. The zero-order valence-corrected chi connectivity index (χ0v) is 15.9. The molecule has 1 amide bonds. The second-order valence-electron chi connectivity index (χ2n) is 6.95. The first-order valence-electron chi connectivity index (χ1n) is 8.88. The van der Waals surface area contributed by atoms with E-state index in [9.17, 15) is 4.79 Å². The molecule has 2 atom stereocenters. The number of imidazole rings is 1. The summed E-state index contributed by atoms with van der Waals surface area (Å²) in [4.78, 5) is 27.0. The number of hydrogen-bond acceptors (Lipinski definition) is 5. The summed E-state index contributed by atoms with van der Waals surface area (Å²) < 4.78 is 11.1. The van der Waals surface area contributed by atoms with E-state index in [2.05, 4.69) is 15.0 Å². The average molecular weight is 358 g/mol. The number of pyridine rings is 1. The lowest BCUT2D eigenvalue weighted by atomic mass is 10.1. The van der Waals surface area contributed by atoms with Crippen molar-refractivity contribution in [2.45, 2.75) is 52.4 Å². The van der Waals surface area contributed by atoms with Gasteiger partial charge in [-0.2, -0.15) is 0 Å². The maximum absolute atomic E-state index is 13.1. The van der Waals surface area contributed by atoms with Crippen LogP contribution in [0.15, 0.2) is 18.3 Å². The highest BCUT2D eigenvalue weighted by Crippen LogP contribution is 2.33. The molecule has 1 aliphatic rings. The topological polar surface area (TPSA) is 80.3 Å². The smallest absolute Gasteiger partial charge is 0.256 e. The van der Waals surface area contributed by atoms with Crippen LogP contribution in [0.1, 0.15) is 53.9 Å². The first-order chi connectivity index (χ1) is 12.4. The summed E-state index contributed by atoms with van der Waals surface area (Å²) >= 11 is 0. The lowest BCUT2D eigenvalue weighted by molar-refractivity contribution is 0.0684. The third-order valence-electron chi connectivity index (χ3n) is 4.66. The van der Waals surface area contributed by atoms with E-state index < -0.39 is 0 Å². The van der Waals surface area contributed by atoms with E-state index >= 15 is 0 Å². The molecule has 0 aromatic carbocycles. The molecule has 3 heterocycles. The van der Waals surface area contributed by atoms with Gasteiger partial charge in [-0.25, -0.2) is 9.97 Å². The minimum atomic E-state index is -0.133. The molecule has 1 aliphatic heterocycles. The average Bonchev–Trinajstić information content (AvgIpc) is 3.18. The maximum atomic E-state index is 13.1. The van der Waals surface area contributed by atoms with Gasteiger partial charge < -0.3 is 19.4 Å². The second kappa shape index (κ2) is 7.45. The summed E-state index contributed by atoms with van der Waals surface area (Å²) in [5, 5.41) is 0. The Labute approximate surface area is 153 Å². The highest BCUT2D eigenvalue weighted by Gasteiger charge is 2.38. The molecule has 0 unspecified atom stereocenters. The number of carbonyl (C=O) groups is 1. The summed E-state index contributed by atoms with van der Waals surface area (Å²) in [6, 6.07) is 3.35. The number of hydrogen-bond donors (Lipinski definition) is 1. The van der Waals surface area contributed by atoms with Crippen LogP contribution in [-0.4, -0.2) is 51.6 Å². The van der Waals surface area contributed by atoms with Crippen LogP contribution in [0.2, 0.25) is 0 Å². The van der Waals surface area contributed by atoms with Gasteiger partial charge in [0.2, 0.25) is 5.88 Å². The van der Waals surface area contributed by atoms with E-state index in [1.807, 2.05) is 32.6 Å². The predicted octanol–water partition coefficient (Wildman–Crippen LogP) is 2.81. The number of amides is 1. The number of nitrogens with zero attached hydrogens (tertiary/aromatic N) is 3. The Kier molecular flexibility index (Phi) is 5.27. The summed E-state index contributed by atoms with van der Waals surface area (Å²) in [7, 11) is 1.67. The molecule has 0 saturated carbocycles. The van der Waals surface area contributed by atoms with Gasteiger partial charge in [0.1, 0.15) is 5.82 Å². The van der Waals surface area contributed by atoms with Gasteiger partial charge in [-0.3, -0.25) is 4.79 Å². The third kappa shape index (κ3) is 3.72. The fourth-order valence-electron chi connectivity index (χ4n) is 3.17. The molecule has 7 heteroatoms. The van der Waals surface area contributed by atoms with Crippen LogP contribution < -0.4 is 4.74 Å². The molecule has 0 aliphatic carbocycles. The Morgan fingerprint density at radius 1 is 1.35 bits per heavy atom. The lowest BCUT2D eigenvalue weighted by Crippen LogP contribution is -2.32. The number of carbonyl (C=O) groups excluding carboxylic acids is 1. The molecule has 0 spiro atoms. The number of rotatable bonds is 5. The van der Waals surface area contributed by atoms with Gasteiger partial charge in [0, 0.05) is 38.0 Å². The molecule has 1 fully saturated rings. The molecule has 140 valence electrons. The Bertz CT molecular complexity index is 750. The van der Waals surface area contributed by atoms with Crippen LogP contribution in [0, 0.1) is 13.8 Å². The zero-order valence-electron chi connectivity index (χ0n) is 15.9. The molecule has 0 radical (unpaired) electrons. The van der Waals surface area contributed by atoms with Crippen molar-refractivity contribution in [2.75, 3.05) is 13.7 Å². The molecular formula is C19H26N4O3. The van der Waals surface area contributed by atoms with Gasteiger partial charge in [-0.05, 0) is 33.8 Å². The molecule has 0 bridgehead atoms. The maximum Gasteiger partial charge on any atom is 0.256 e. The standard InChI is InChI=1S/C19H26N4O3/c1-11(2)26-17-7-6-14(9-20-17)19(24)23-10-15(25-5)8-16(23)18-21-12(3)13(4)22-18/h6-7,9,11,15-16H,8,10H2,1-5H3,(H,21,22)/t15-,16+/m1/s1. The Morgan fingerprint density at radius 3 is 2.65 bits per heavy atom. The van der Waals surface area contributed by atoms with Crippen molar-refractivity contribution in [3.05, 3.63) is 41.1 Å². The van der Waals surface area contributed by atoms with Crippen LogP contribution in [-0.2, 0) is 4.74 Å². The van der Waals surface area contributed by atoms with Gasteiger partial charge in [-0.15, -0.1) is 0 Å². The molecule has 2 aromatic heterocycles. The van der Waals surface area contributed by atoms with E-state index in [4.69, 9.17) is 9.47 Å². The number of H-pyrrole nitrogens is 1. The molecule has 2 aromatic rings. The molecule has 7 nitrogen and oxygen atoms in total. The fraction of sp³-hybridized carbons (Fsp3) is 0.526. The van der Waals surface area contributed by atoms with Crippen LogP contribution in [0.3, 0.4) is 0 Å². The largest absolute Gasteiger partial charge is 0.475 e. The van der Waals surface area contributed by atoms with Crippen molar-refractivity contribution in [3.63, 3.8) is 0 Å². The molecule has 26 heavy (non-hydrogen) atoms. The number of nitrogens with one attached hydrogen (secondary N) is 1. The molecule has 3 rings (SSSR count). The first kappa shape index (κ1) is 18.4. The number of aryl methyl sites for hydroxylation is 2. The highest BCUT2D eigenvalue weighted by molar-refractivity contribution is 5.94. The normalized spacial score (nSPS) is 20.0. The number of methoxy groups -OCH3 is 1. The van der Waals surface area contributed by atoms with Crippen molar-refractivity contribution >= 4 is 5.91 Å². The summed E-state index contributed by atoms with van der Waals surface area (Å²) in [6.07, 6.45) is 2.32. The van der Waals surface area contributed by atoms with Crippen LogP contribution >= 0.6 is 0 Å². The number of ether oxygens (including phenoxy) is 2. The lowest BCUT2D eigenvalue weighted by Gasteiger charge is -2.23.